The molecule has 0 unspecified atom stereocenters. The van der Waals surface area contributed by atoms with Crippen LogP contribution in [0.2, 0.25) is 0 Å². The zero-order chi connectivity index (χ0) is 14.7. The van der Waals surface area contributed by atoms with E-state index < -0.39 is 0 Å². The summed E-state index contributed by atoms with van der Waals surface area (Å²) in [6.07, 6.45) is 0. The molecule has 0 saturated heterocycles. The van der Waals surface area contributed by atoms with Crippen LogP contribution in [0, 0.1) is 13.8 Å². The minimum Gasteiger partial charge on any atom is -0.271 e. The number of aromatic nitrogens is 2. The lowest BCUT2D eigenvalue weighted by Gasteiger charge is -2.03. The van der Waals surface area contributed by atoms with E-state index in [-0.39, 0.29) is 12.5 Å². The summed E-state index contributed by atoms with van der Waals surface area (Å²) >= 11 is 4.97. The highest BCUT2D eigenvalue weighted by molar-refractivity contribution is 9.11. The molecule has 0 fully saturated rings. The Balaban J connectivity index is 1.96. The Morgan fingerprint density at radius 3 is 2.80 bits per heavy atom. The monoisotopic (exact) mass is 354 g/mol. The van der Waals surface area contributed by atoms with Crippen LogP contribution in [-0.2, 0) is 11.3 Å². The zero-order valence-corrected chi connectivity index (χ0v) is 13.9. The summed E-state index contributed by atoms with van der Waals surface area (Å²) in [5.74, 6) is -0.189. The molecule has 20 heavy (non-hydrogen) atoms. The number of hydrogen-bond donors (Lipinski definition) is 1. The van der Waals surface area contributed by atoms with Crippen molar-refractivity contribution >= 4 is 38.9 Å². The van der Waals surface area contributed by atoms with Crippen molar-refractivity contribution in [2.45, 2.75) is 27.3 Å². The van der Waals surface area contributed by atoms with Gasteiger partial charge in [0.15, 0.2) is 0 Å². The van der Waals surface area contributed by atoms with Gasteiger partial charge in [0.2, 0.25) is 0 Å². The predicted molar refractivity (Wildman–Crippen MR) is 84.1 cm³/mol. The van der Waals surface area contributed by atoms with Crippen LogP contribution in [0.4, 0.5) is 0 Å². The summed E-state index contributed by atoms with van der Waals surface area (Å²) in [7, 11) is 0. The van der Waals surface area contributed by atoms with Gasteiger partial charge in [-0.2, -0.15) is 10.2 Å². The van der Waals surface area contributed by atoms with E-state index in [1.807, 2.05) is 39.0 Å². The van der Waals surface area contributed by atoms with Gasteiger partial charge in [-0.25, -0.2) is 5.43 Å². The fraction of sp³-hybridized carbons (Fsp3) is 0.308. The lowest BCUT2D eigenvalue weighted by Crippen LogP contribution is -2.25. The summed E-state index contributed by atoms with van der Waals surface area (Å²) in [5.41, 5.74) is 5.19. The first-order valence-electron chi connectivity index (χ1n) is 6.05. The fourth-order valence-corrected chi connectivity index (χ4v) is 3.05. The smallest absolute Gasteiger partial charge is 0.261 e. The second-order valence-electron chi connectivity index (χ2n) is 4.42. The van der Waals surface area contributed by atoms with Gasteiger partial charge in [-0.05, 0) is 54.9 Å². The van der Waals surface area contributed by atoms with Crippen LogP contribution in [0.1, 0.15) is 23.2 Å². The molecule has 2 rings (SSSR count). The highest BCUT2D eigenvalue weighted by Crippen LogP contribution is 2.22. The van der Waals surface area contributed by atoms with E-state index in [0.29, 0.717) is 0 Å². The average molecular weight is 355 g/mol. The lowest BCUT2D eigenvalue weighted by atomic mass is 10.3. The van der Waals surface area contributed by atoms with Gasteiger partial charge in [0, 0.05) is 5.69 Å². The number of aryl methyl sites for hydroxylation is 2. The van der Waals surface area contributed by atoms with Crippen molar-refractivity contribution in [2.24, 2.45) is 5.10 Å². The fourth-order valence-electron chi connectivity index (χ4n) is 1.72. The summed E-state index contributed by atoms with van der Waals surface area (Å²) in [4.78, 5) is 12.8. The summed E-state index contributed by atoms with van der Waals surface area (Å²) in [6, 6.07) is 5.85. The number of halogens is 1. The van der Waals surface area contributed by atoms with Crippen LogP contribution in [0.5, 0.6) is 0 Å². The second-order valence-corrected chi connectivity index (χ2v) is 6.88. The third kappa shape index (κ3) is 3.77. The molecule has 0 bridgehead atoms. The Bertz CT molecular complexity index is 659. The molecule has 106 valence electrons. The number of carbonyl (C=O) groups excluding carboxylic acids is 1. The van der Waals surface area contributed by atoms with Crippen LogP contribution in [-0.4, -0.2) is 21.4 Å². The summed E-state index contributed by atoms with van der Waals surface area (Å²) in [6.45, 7) is 5.86. The van der Waals surface area contributed by atoms with Crippen molar-refractivity contribution in [3.8, 4) is 0 Å². The Morgan fingerprint density at radius 1 is 1.50 bits per heavy atom. The number of nitrogens with zero attached hydrogens (tertiary/aromatic N) is 3. The van der Waals surface area contributed by atoms with Crippen molar-refractivity contribution < 1.29 is 4.79 Å². The molecule has 5 nitrogen and oxygen atoms in total. The third-order valence-electron chi connectivity index (χ3n) is 2.67. The molecule has 2 aromatic heterocycles. The molecule has 0 aromatic carbocycles. The highest BCUT2D eigenvalue weighted by atomic mass is 79.9. The third-order valence-corrected chi connectivity index (χ3v) is 4.41. The molecule has 0 saturated carbocycles. The van der Waals surface area contributed by atoms with E-state index in [1.165, 1.54) is 0 Å². The Morgan fingerprint density at radius 2 is 2.25 bits per heavy atom. The first kappa shape index (κ1) is 14.9. The van der Waals surface area contributed by atoms with Crippen molar-refractivity contribution in [3.63, 3.8) is 0 Å². The van der Waals surface area contributed by atoms with Crippen LogP contribution < -0.4 is 5.43 Å². The van der Waals surface area contributed by atoms with Crippen molar-refractivity contribution in [2.75, 3.05) is 0 Å². The molecule has 1 N–H and O–H groups in total. The quantitative estimate of drug-likeness (QED) is 0.677. The van der Waals surface area contributed by atoms with Gasteiger partial charge in [-0.15, -0.1) is 11.3 Å². The molecular weight excluding hydrogens is 340 g/mol. The molecule has 7 heteroatoms. The van der Waals surface area contributed by atoms with Crippen molar-refractivity contribution in [3.05, 3.63) is 38.3 Å². The first-order valence-corrected chi connectivity index (χ1v) is 7.66. The standard InChI is InChI=1S/C13H15BrN4OS/c1-8-6-9(2)18(17-8)7-13(19)16-15-10(3)11-4-5-12(14)20-11/h4-6H,7H2,1-3H3,(H,16,19). The molecule has 0 aliphatic rings. The Labute approximate surface area is 129 Å². The summed E-state index contributed by atoms with van der Waals surface area (Å²) < 4.78 is 2.70. The number of thiophene rings is 1. The Hall–Kier alpha value is -1.47. The van der Waals surface area contributed by atoms with Crippen LogP contribution in [0.15, 0.2) is 27.1 Å². The van der Waals surface area contributed by atoms with Crippen LogP contribution in [0.3, 0.4) is 0 Å². The topological polar surface area (TPSA) is 59.3 Å². The largest absolute Gasteiger partial charge is 0.271 e. The van der Waals surface area contributed by atoms with E-state index >= 15 is 0 Å². The zero-order valence-electron chi connectivity index (χ0n) is 11.5. The van der Waals surface area contributed by atoms with Crippen LogP contribution >= 0.6 is 27.3 Å². The molecule has 0 spiro atoms. The van der Waals surface area contributed by atoms with Gasteiger partial charge in [0.1, 0.15) is 6.54 Å². The Kier molecular flexibility index (Phi) is 4.72. The van der Waals surface area contributed by atoms with Gasteiger partial charge < -0.3 is 0 Å². The number of nitrogens with one attached hydrogen (secondary N) is 1. The SMILES string of the molecule is CC(=NNC(=O)Cn1nc(C)cc1C)c1ccc(Br)s1. The van der Waals surface area contributed by atoms with E-state index in [1.54, 1.807) is 16.0 Å². The average Bonchev–Trinajstić information content (AvgIpc) is 2.93. The minimum atomic E-state index is -0.189. The molecule has 0 atom stereocenters. The molecule has 2 heterocycles. The lowest BCUT2D eigenvalue weighted by molar-refractivity contribution is -0.121. The number of amides is 1. The van der Waals surface area contributed by atoms with E-state index in [2.05, 4.69) is 31.6 Å². The molecule has 0 radical (unpaired) electrons. The number of rotatable bonds is 4. The number of hydrazone groups is 1. The number of carbonyl (C=O) groups is 1. The van der Waals surface area contributed by atoms with Crippen molar-refractivity contribution in [1.29, 1.82) is 0 Å². The van der Waals surface area contributed by atoms with Gasteiger partial charge in [0.05, 0.1) is 20.1 Å². The van der Waals surface area contributed by atoms with Gasteiger partial charge >= 0.3 is 0 Å². The minimum absolute atomic E-state index is 0.171. The van der Waals surface area contributed by atoms with Crippen molar-refractivity contribution in [1.82, 2.24) is 15.2 Å². The molecular formula is C13H15BrN4OS. The maximum Gasteiger partial charge on any atom is 0.261 e. The highest BCUT2D eigenvalue weighted by Gasteiger charge is 2.07. The first-order chi connectivity index (χ1) is 9.45. The molecule has 0 aliphatic carbocycles. The van der Waals surface area contributed by atoms with Gasteiger partial charge in [0.25, 0.3) is 5.91 Å². The maximum atomic E-state index is 11.8. The molecule has 2 aromatic rings. The number of hydrogen-bond acceptors (Lipinski definition) is 4. The molecule has 0 aliphatic heterocycles. The van der Waals surface area contributed by atoms with E-state index in [4.69, 9.17) is 0 Å². The van der Waals surface area contributed by atoms with Crippen LogP contribution in [0.25, 0.3) is 0 Å². The van der Waals surface area contributed by atoms with Gasteiger partial charge in [-0.3, -0.25) is 9.48 Å². The normalized spacial score (nSPS) is 11.7. The van der Waals surface area contributed by atoms with E-state index in [9.17, 15) is 4.79 Å². The second kappa shape index (κ2) is 6.32. The summed E-state index contributed by atoms with van der Waals surface area (Å²) in [5, 5.41) is 8.35. The molecule has 1 amide bonds. The van der Waals surface area contributed by atoms with E-state index in [0.717, 1.165) is 25.8 Å². The predicted octanol–water partition coefficient (Wildman–Crippen LogP) is 2.86. The van der Waals surface area contributed by atoms with Gasteiger partial charge in [-0.1, -0.05) is 0 Å². The maximum absolute atomic E-state index is 11.8.